The Hall–Kier alpha value is -1.88. The van der Waals surface area contributed by atoms with Crippen molar-refractivity contribution in [3.63, 3.8) is 0 Å². The lowest BCUT2D eigenvalue weighted by Crippen LogP contribution is -2.53. The molecule has 0 spiro atoms. The van der Waals surface area contributed by atoms with E-state index in [0.717, 1.165) is 38.5 Å². The minimum atomic E-state index is -0.842. The summed E-state index contributed by atoms with van der Waals surface area (Å²) in [6, 6.07) is 0. The normalized spacial score (nSPS) is 45.6. The molecular formula is C25H32O5. The molecule has 0 aromatic carbocycles. The molecule has 0 radical (unpaired) electrons. The Kier molecular flexibility index (Phi) is 4.55. The Bertz CT molecular complexity index is 869. The molecule has 2 fully saturated rings. The summed E-state index contributed by atoms with van der Waals surface area (Å²) < 4.78 is 10.3. The van der Waals surface area contributed by atoms with Gasteiger partial charge in [-0.2, -0.15) is 0 Å². The van der Waals surface area contributed by atoms with Crippen LogP contribution in [0.5, 0.6) is 0 Å². The molecule has 1 aliphatic heterocycles. The van der Waals surface area contributed by atoms with Crippen LogP contribution in [0.25, 0.3) is 0 Å². The van der Waals surface area contributed by atoms with E-state index in [-0.39, 0.29) is 23.2 Å². The summed E-state index contributed by atoms with van der Waals surface area (Å²) in [5.74, 6) is 1.36. The van der Waals surface area contributed by atoms with Crippen LogP contribution in [0.2, 0.25) is 0 Å². The maximum Gasteiger partial charge on any atom is 0.513 e. The van der Waals surface area contributed by atoms with E-state index in [9.17, 15) is 14.7 Å². The van der Waals surface area contributed by atoms with E-state index in [2.05, 4.69) is 19.9 Å². The highest BCUT2D eigenvalue weighted by atomic mass is 16.7. The molecule has 5 heteroatoms. The number of cyclic esters (lactones) is 2. The highest BCUT2D eigenvalue weighted by Gasteiger charge is 2.63. The number of aliphatic hydroxyl groups is 1. The van der Waals surface area contributed by atoms with Gasteiger partial charge in [-0.3, -0.25) is 4.79 Å². The van der Waals surface area contributed by atoms with Crippen LogP contribution in [0.1, 0.15) is 65.2 Å². The molecule has 5 rings (SSSR count). The monoisotopic (exact) mass is 412 g/mol. The summed E-state index contributed by atoms with van der Waals surface area (Å²) in [5.41, 5.74) is 1.64. The van der Waals surface area contributed by atoms with E-state index < -0.39 is 11.8 Å². The molecule has 4 bridgehead atoms. The molecule has 6 atom stereocenters. The van der Waals surface area contributed by atoms with Crippen LogP contribution in [-0.2, 0) is 14.3 Å². The van der Waals surface area contributed by atoms with Gasteiger partial charge in [0.15, 0.2) is 5.78 Å². The molecule has 30 heavy (non-hydrogen) atoms. The van der Waals surface area contributed by atoms with Crippen molar-refractivity contribution in [2.24, 2.45) is 28.6 Å². The molecule has 1 heterocycles. The second-order valence-electron chi connectivity index (χ2n) is 10.5. The molecule has 1 N–H and O–H groups in total. The Morgan fingerprint density at radius 2 is 2.00 bits per heavy atom. The van der Waals surface area contributed by atoms with Crippen molar-refractivity contribution in [3.8, 4) is 0 Å². The smallest absolute Gasteiger partial charge is 0.434 e. The van der Waals surface area contributed by atoms with Gasteiger partial charge in [0.25, 0.3) is 0 Å². The van der Waals surface area contributed by atoms with Gasteiger partial charge in [-0.1, -0.05) is 31.1 Å². The number of hydrogen-bond donors (Lipinski definition) is 1. The molecule has 0 aromatic heterocycles. The van der Waals surface area contributed by atoms with Gasteiger partial charge >= 0.3 is 6.16 Å². The van der Waals surface area contributed by atoms with Crippen LogP contribution in [0.4, 0.5) is 4.79 Å². The molecule has 5 aliphatic rings. The first kappa shape index (κ1) is 20.0. The second kappa shape index (κ2) is 6.81. The van der Waals surface area contributed by atoms with Gasteiger partial charge in [0, 0.05) is 23.7 Å². The summed E-state index contributed by atoms with van der Waals surface area (Å²) in [6.07, 6.45) is 13.1. The third-order valence-corrected chi connectivity index (χ3v) is 9.27. The fourth-order valence-electron chi connectivity index (χ4n) is 7.41. The van der Waals surface area contributed by atoms with Crippen LogP contribution >= 0.6 is 0 Å². The SMILES string of the molecule is C[C@]12CCC(=O)C=C1C[C@@H]1CC=COC(=O)OCC[C@]3(O)CCC4C1C2=CC[C@@]43C. The molecule has 4 aliphatic carbocycles. The summed E-state index contributed by atoms with van der Waals surface area (Å²) in [4.78, 5) is 24.1. The minimum Gasteiger partial charge on any atom is -0.434 e. The minimum absolute atomic E-state index is 0.0373. The predicted octanol–water partition coefficient (Wildman–Crippen LogP) is 4.86. The third-order valence-electron chi connectivity index (χ3n) is 9.27. The number of fused-ring (bicyclic) bond motifs is 2. The average Bonchev–Trinajstić information content (AvgIpc) is 2.97. The second-order valence-corrected chi connectivity index (χ2v) is 10.5. The topological polar surface area (TPSA) is 72.8 Å². The zero-order valence-electron chi connectivity index (χ0n) is 18.0. The molecule has 0 saturated heterocycles. The summed E-state index contributed by atoms with van der Waals surface area (Å²) in [5, 5.41) is 11.7. The first-order chi connectivity index (χ1) is 14.3. The predicted molar refractivity (Wildman–Crippen MR) is 111 cm³/mol. The van der Waals surface area contributed by atoms with Crippen LogP contribution in [0.3, 0.4) is 0 Å². The fraction of sp³-hybridized carbons (Fsp3) is 0.680. The van der Waals surface area contributed by atoms with E-state index in [4.69, 9.17) is 9.47 Å². The van der Waals surface area contributed by atoms with E-state index in [0.29, 0.717) is 30.6 Å². The fourth-order valence-corrected chi connectivity index (χ4v) is 7.41. The van der Waals surface area contributed by atoms with Crippen LogP contribution in [0, 0.1) is 28.6 Å². The standard InChI is InChI=1S/C25H32O5/c1-23-8-5-18(26)15-17(23)14-16-4-3-12-29-22(27)30-13-11-25(28)10-7-20-21(16)19(23)6-9-24(20,25)2/h3,6,12,15-16,20-21,28H,4-5,7-11,13-14H2,1-2H3/t16-,20?,21?,23-,24-,25+/m0/s1. The number of rotatable bonds is 0. The van der Waals surface area contributed by atoms with Crippen molar-refractivity contribution >= 4 is 11.9 Å². The molecular weight excluding hydrogens is 380 g/mol. The Morgan fingerprint density at radius 3 is 2.83 bits per heavy atom. The quantitative estimate of drug-likeness (QED) is 0.454. The lowest BCUT2D eigenvalue weighted by atomic mass is 9.47. The largest absolute Gasteiger partial charge is 0.513 e. The molecule has 5 nitrogen and oxygen atoms in total. The summed E-state index contributed by atoms with van der Waals surface area (Å²) in [6.45, 7) is 4.73. The number of hydrogen-bond acceptors (Lipinski definition) is 5. The number of carbonyl (C=O) groups excluding carboxylic acids is 2. The van der Waals surface area contributed by atoms with Gasteiger partial charge < -0.3 is 14.6 Å². The van der Waals surface area contributed by atoms with E-state index >= 15 is 0 Å². The van der Waals surface area contributed by atoms with Crippen LogP contribution in [-0.4, -0.2) is 29.3 Å². The molecule has 2 unspecified atom stereocenters. The Labute approximate surface area is 178 Å². The Balaban J connectivity index is 1.62. The lowest BCUT2D eigenvalue weighted by molar-refractivity contribution is -0.116. The van der Waals surface area contributed by atoms with Gasteiger partial charge in [0.05, 0.1) is 18.5 Å². The van der Waals surface area contributed by atoms with Crippen LogP contribution < -0.4 is 0 Å². The first-order valence-corrected chi connectivity index (χ1v) is 11.4. The van der Waals surface area contributed by atoms with Crippen molar-refractivity contribution < 1.29 is 24.2 Å². The van der Waals surface area contributed by atoms with Gasteiger partial charge in [-0.15, -0.1) is 0 Å². The summed E-state index contributed by atoms with van der Waals surface area (Å²) >= 11 is 0. The Morgan fingerprint density at radius 1 is 1.17 bits per heavy atom. The number of carbonyl (C=O) groups is 2. The first-order valence-electron chi connectivity index (χ1n) is 11.4. The molecule has 2 saturated carbocycles. The van der Waals surface area contributed by atoms with E-state index in [1.807, 2.05) is 12.2 Å². The lowest BCUT2D eigenvalue weighted by Gasteiger charge is -2.57. The zero-order valence-corrected chi connectivity index (χ0v) is 18.0. The highest BCUT2D eigenvalue weighted by Crippen LogP contribution is 2.67. The van der Waals surface area contributed by atoms with Gasteiger partial charge in [0.2, 0.25) is 0 Å². The maximum atomic E-state index is 12.2. The summed E-state index contributed by atoms with van der Waals surface area (Å²) in [7, 11) is 0. The van der Waals surface area contributed by atoms with Crippen molar-refractivity contribution in [2.75, 3.05) is 6.61 Å². The van der Waals surface area contributed by atoms with Crippen molar-refractivity contribution in [2.45, 2.75) is 70.8 Å². The molecule has 0 amide bonds. The number of allylic oxidation sites excluding steroid dienone is 5. The maximum absolute atomic E-state index is 12.2. The van der Waals surface area contributed by atoms with Crippen molar-refractivity contribution in [1.29, 1.82) is 0 Å². The van der Waals surface area contributed by atoms with Crippen molar-refractivity contribution in [3.05, 3.63) is 35.6 Å². The third kappa shape index (κ3) is 2.77. The van der Waals surface area contributed by atoms with Gasteiger partial charge in [-0.05, 0) is 68.4 Å². The van der Waals surface area contributed by atoms with Crippen molar-refractivity contribution in [1.82, 2.24) is 0 Å². The van der Waals surface area contributed by atoms with Crippen LogP contribution in [0.15, 0.2) is 35.6 Å². The van der Waals surface area contributed by atoms with E-state index in [1.165, 1.54) is 17.4 Å². The number of ketones is 1. The average molecular weight is 413 g/mol. The zero-order chi connectivity index (χ0) is 21.1. The van der Waals surface area contributed by atoms with Gasteiger partial charge in [-0.25, -0.2) is 4.79 Å². The number of ether oxygens (including phenoxy) is 2. The van der Waals surface area contributed by atoms with E-state index in [1.54, 1.807) is 0 Å². The molecule has 162 valence electrons. The highest BCUT2D eigenvalue weighted by molar-refractivity contribution is 5.92. The van der Waals surface area contributed by atoms with Gasteiger partial charge in [0.1, 0.15) is 0 Å². The molecule has 0 aromatic rings.